The Morgan fingerprint density at radius 1 is 1.12 bits per heavy atom. The minimum Gasteiger partial charge on any atom is -0.497 e. The van der Waals surface area contributed by atoms with Crippen LogP contribution in [0.25, 0.3) is 6.08 Å². The van der Waals surface area contributed by atoms with Gasteiger partial charge in [-0.25, -0.2) is 0 Å². The van der Waals surface area contributed by atoms with Gasteiger partial charge in [-0.05, 0) is 36.8 Å². The second-order valence-corrected chi connectivity index (χ2v) is 5.99. The van der Waals surface area contributed by atoms with Crippen LogP contribution in [0.3, 0.4) is 0 Å². The Bertz CT molecular complexity index is 762. The van der Waals surface area contributed by atoms with E-state index in [0.29, 0.717) is 0 Å². The number of carbonyl (C=O) groups excluding carboxylic acids is 1. The molecular weight excluding hydrogens is 298 g/mol. The summed E-state index contributed by atoms with van der Waals surface area (Å²) in [6.45, 7) is 5.90. The molecule has 0 spiro atoms. The lowest BCUT2D eigenvalue weighted by Crippen LogP contribution is -2.60. The highest BCUT2D eigenvalue weighted by molar-refractivity contribution is 6.05. The topological polar surface area (TPSA) is 29.5 Å². The molecule has 0 bridgehead atoms. The normalized spacial score (nSPS) is 20.1. The molecule has 2 atom stereocenters. The molecule has 1 amide bonds. The maximum absolute atomic E-state index is 12.6. The zero-order chi connectivity index (χ0) is 17.1. The summed E-state index contributed by atoms with van der Waals surface area (Å²) in [6.07, 6.45) is 4.14. The molecule has 2 aromatic carbocycles. The third-order valence-electron chi connectivity index (χ3n) is 4.31. The average molecular weight is 319 g/mol. The first kappa shape index (κ1) is 16.1. The number of methoxy groups -OCH3 is 1. The van der Waals surface area contributed by atoms with Gasteiger partial charge < -0.3 is 9.64 Å². The van der Waals surface area contributed by atoms with Crippen molar-refractivity contribution in [2.24, 2.45) is 5.92 Å². The minimum atomic E-state index is -0.160. The van der Waals surface area contributed by atoms with Gasteiger partial charge in [0.15, 0.2) is 0 Å². The maximum atomic E-state index is 12.6. The van der Waals surface area contributed by atoms with Gasteiger partial charge in [-0.2, -0.15) is 0 Å². The lowest BCUT2D eigenvalue weighted by molar-refractivity contribution is -0.127. The lowest BCUT2D eigenvalue weighted by Gasteiger charge is -2.46. The molecule has 0 N–H and O–H groups in total. The van der Waals surface area contributed by atoms with E-state index in [1.165, 1.54) is 0 Å². The van der Waals surface area contributed by atoms with Crippen LogP contribution in [0.2, 0.25) is 0 Å². The fourth-order valence-corrected chi connectivity index (χ4v) is 3.03. The van der Waals surface area contributed by atoms with Gasteiger partial charge in [-0.15, -0.1) is 0 Å². The van der Waals surface area contributed by atoms with Crippen molar-refractivity contribution in [2.75, 3.05) is 12.0 Å². The number of nitrogens with zero attached hydrogens (tertiary/aromatic N) is 1. The van der Waals surface area contributed by atoms with Crippen LogP contribution in [0.1, 0.15) is 12.5 Å². The van der Waals surface area contributed by atoms with Crippen LogP contribution in [-0.4, -0.2) is 19.1 Å². The Morgan fingerprint density at radius 2 is 1.79 bits per heavy atom. The van der Waals surface area contributed by atoms with E-state index in [4.69, 9.17) is 4.74 Å². The van der Waals surface area contributed by atoms with Gasteiger partial charge in [0.05, 0.1) is 19.1 Å². The molecule has 0 aromatic heterocycles. The summed E-state index contributed by atoms with van der Waals surface area (Å²) in [5.74, 6) is 0.710. The van der Waals surface area contributed by atoms with Crippen LogP contribution in [0.5, 0.6) is 5.75 Å². The van der Waals surface area contributed by atoms with E-state index in [-0.39, 0.29) is 17.9 Å². The van der Waals surface area contributed by atoms with Gasteiger partial charge >= 0.3 is 0 Å². The number of hydrogen-bond acceptors (Lipinski definition) is 2. The van der Waals surface area contributed by atoms with Crippen molar-refractivity contribution < 1.29 is 9.53 Å². The summed E-state index contributed by atoms with van der Waals surface area (Å²) >= 11 is 0. The molecule has 1 aliphatic rings. The number of anilines is 1. The highest BCUT2D eigenvalue weighted by atomic mass is 16.5. The molecule has 24 heavy (non-hydrogen) atoms. The second-order valence-electron chi connectivity index (χ2n) is 5.99. The SMILES string of the molecule is C=C(C)C1C(=O)N(c2ccc(OC)cc2)[C@@H]1/C=C/c1ccccc1. The molecular formula is C21H21NO2. The van der Waals surface area contributed by atoms with E-state index >= 15 is 0 Å². The van der Waals surface area contributed by atoms with E-state index < -0.39 is 0 Å². The van der Waals surface area contributed by atoms with E-state index in [1.54, 1.807) is 7.11 Å². The highest BCUT2D eigenvalue weighted by Gasteiger charge is 2.46. The molecule has 3 nitrogen and oxygen atoms in total. The first-order valence-electron chi connectivity index (χ1n) is 7.97. The number of β-lactam (4-membered cyclic amide) rings is 1. The largest absolute Gasteiger partial charge is 0.497 e. The van der Waals surface area contributed by atoms with Gasteiger partial charge in [-0.3, -0.25) is 4.79 Å². The molecule has 0 radical (unpaired) electrons. The van der Waals surface area contributed by atoms with E-state index in [0.717, 1.165) is 22.6 Å². The third kappa shape index (κ3) is 2.98. The summed E-state index contributed by atoms with van der Waals surface area (Å²) in [4.78, 5) is 14.4. The Balaban J connectivity index is 1.87. The summed E-state index contributed by atoms with van der Waals surface area (Å²) < 4.78 is 5.19. The Kier molecular flexibility index (Phi) is 4.52. The zero-order valence-electron chi connectivity index (χ0n) is 14.0. The van der Waals surface area contributed by atoms with Gasteiger partial charge in [-0.1, -0.05) is 54.6 Å². The first-order chi connectivity index (χ1) is 11.6. The number of ether oxygens (including phenoxy) is 1. The number of benzene rings is 2. The summed E-state index contributed by atoms with van der Waals surface area (Å²) in [5.41, 5.74) is 2.89. The van der Waals surface area contributed by atoms with Crippen molar-refractivity contribution >= 4 is 17.7 Å². The van der Waals surface area contributed by atoms with Crippen LogP contribution < -0.4 is 9.64 Å². The Labute approximate surface area is 142 Å². The molecule has 122 valence electrons. The highest BCUT2D eigenvalue weighted by Crippen LogP contribution is 2.37. The molecule has 1 unspecified atom stereocenters. The lowest BCUT2D eigenvalue weighted by atomic mass is 9.81. The molecule has 1 aliphatic heterocycles. The van der Waals surface area contributed by atoms with Crippen molar-refractivity contribution in [1.82, 2.24) is 0 Å². The summed E-state index contributed by atoms with van der Waals surface area (Å²) in [7, 11) is 1.63. The van der Waals surface area contributed by atoms with Crippen molar-refractivity contribution in [3.8, 4) is 5.75 Å². The predicted octanol–water partition coefficient (Wildman–Crippen LogP) is 4.32. The van der Waals surface area contributed by atoms with Crippen LogP contribution in [0.4, 0.5) is 5.69 Å². The molecule has 3 rings (SSSR count). The fourth-order valence-electron chi connectivity index (χ4n) is 3.03. The van der Waals surface area contributed by atoms with Crippen molar-refractivity contribution in [3.63, 3.8) is 0 Å². The van der Waals surface area contributed by atoms with Crippen molar-refractivity contribution in [3.05, 3.63) is 78.4 Å². The summed E-state index contributed by atoms with van der Waals surface area (Å²) in [6, 6.07) is 17.6. The summed E-state index contributed by atoms with van der Waals surface area (Å²) in [5, 5.41) is 0. The van der Waals surface area contributed by atoms with Crippen molar-refractivity contribution in [1.29, 1.82) is 0 Å². The number of rotatable bonds is 5. The fraction of sp³-hybridized carbons (Fsp3) is 0.190. The molecule has 1 heterocycles. The third-order valence-corrected chi connectivity index (χ3v) is 4.31. The van der Waals surface area contributed by atoms with Crippen LogP contribution in [0, 0.1) is 5.92 Å². The van der Waals surface area contributed by atoms with Crippen LogP contribution in [0.15, 0.2) is 72.8 Å². The smallest absolute Gasteiger partial charge is 0.237 e. The molecule has 0 saturated carbocycles. The average Bonchev–Trinajstić information content (AvgIpc) is 2.59. The Hall–Kier alpha value is -2.81. The van der Waals surface area contributed by atoms with Gasteiger partial charge in [0.25, 0.3) is 0 Å². The minimum absolute atomic E-state index is 0.0106. The van der Waals surface area contributed by atoms with Crippen LogP contribution in [-0.2, 0) is 4.79 Å². The van der Waals surface area contributed by atoms with E-state index in [1.807, 2.05) is 66.4 Å². The zero-order valence-corrected chi connectivity index (χ0v) is 14.0. The number of hydrogen-bond donors (Lipinski definition) is 0. The standard InChI is InChI=1S/C21H21NO2/c1-15(2)20-19(14-9-16-7-5-4-6-8-16)22(21(20)23)17-10-12-18(24-3)13-11-17/h4-14,19-20H,1H2,2-3H3/b14-9+/t19-,20?/m1/s1. The van der Waals surface area contributed by atoms with Gasteiger partial charge in [0.1, 0.15) is 5.75 Å². The molecule has 3 heteroatoms. The molecule has 2 aromatic rings. The van der Waals surface area contributed by atoms with Gasteiger partial charge in [0.2, 0.25) is 5.91 Å². The first-order valence-corrected chi connectivity index (χ1v) is 7.97. The predicted molar refractivity (Wildman–Crippen MR) is 98.0 cm³/mol. The molecule has 1 fully saturated rings. The van der Waals surface area contributed by atoms with E-state index in [2.05, 4.69) is 18.7 Å². The number of amides is 1. The monoisotopic (exact) mass is 319 g/mol. The molecule has 0 aliphatic carbocycles. The Morgan fingerprint density at radius 3 is 2.38 bits per heavy atom. The molecule has 1 saturated heterocycles. The van der Waals surface area contributed by atoms with Gasteiger partial charge in [0, 0.05) is 5.69 Å². The second kappa shape index (κ2) is 6.75. The van der Waals surface area contributed by atoms with E-state index in [9.17, 15) is 4.79 Å². The number of carbonyl (C=O) groups is 1. The quantitative estimate of drug-likeness (QED) is 0.607. The van der Waals surface area contributed by atoms with Crippen LogP contribution >= 0.6 is 0 Å². The van der Waals surface area contributed by atoms with Crippen molar-refractivity contribution in [2.45, 2.75) is 13.0 Å². The maximum Gasteiger partial charge on any atom is 0.237 e.